The van der Waals surface area contributed by atoms with E-state index in [1.165, 1.54) is 6.20 Å². The number of hydrogen-bond donors (Lipinski definition) is 3. The first-order valence-corrected chi connectivity index (χ1v) is 6.78. The van der Waals surface area contributed by atoms with Crippen LogP contribution < -0.4 is 16.8 Å². The lowest BCUT2D eigenvalue weighted by atomic mass is 10.2. The molecule has 0 radical (unpaired) electrons. The van der Waals surface area contributed by atoms with E-state index < -0.39 is 5.91 Å². The molecule has 5 N–H and O–H groups in total. The summed E-state index contributed by atoms with van der Waals surface area (Å²) in [7, 11) is 0. The highest BCUT2D eigenvalue weighted by Crippen LogP contribution is 2.16. The van der Waals surface area contributed by atoms with Gasteiger partial charge in [0.15, 0.2) is 0 Å². The highest BCUT2D eigenvalue weighted by molar-refractivity contribution is 7.98. The number of carbonyl (C=O) groups is 1. The van der Waals surface area contributed by atoms with Gasteiger partial charge in [-0.25, -0.2) is 4.98 Å². The van der Waals surface area contributed by atoms with Crippen LogP contribution >= 0.6 is 11.8 Å². The minimum atomic E-state index is -0.536. The summed E-state index contributed by atoms with van der Waals surface area (Å²) < 4.78 is 0. The fourth-order valence-electron chi connectivity index (χ4n) is 1.43. The van der Waals surface area contributed by atoms with Crippen LogP contribution in [0.1, 0.15) is 23.7 Å². The molecule has 0 saturated heterocycles. The molecule has 0 saturated carbocycles. The van der Waals surface area contributed by atoms with Gasteiger partial charge in [0.05, 0.1) is 17.4 Å². The number of nitrogens with zero attached hydrogens (tertiary/aromatic N) is 1. The number of nitrogens with two attached hydrogens (primary N) is 2. The van der Waals surface area contributed by atoms with Gasteiger partial charge in [-0.3, -0.25) is 4.79 Å². The Hall–Kier alpha value is -1.43. The van der Waals surface area contributed by atoms with E-state index in [9.17, 15) is 4.79 Å². The SMILES string of the molecule is CCC(CSC)Nc1cc(C(N)=O)c(N)cn1. The number of thioether (sulfide) groups is 1. The highest BCUT2D eigenvalue weighted by Gasteiger charge is 2.10. The number of amides is 1. The molecule has 6 heteroatoms. The molecule has 0 fully saturated rings. The van der Waals surface area contributed by atoms with Crippen molar-refractivity contribution in [3.63, 3.8) is 0 Å². The monoisotopic (exact) mass is 254 g/mol. The average Bonchev–Trinajstić information content (AvgIpc) is 2.30. The lowest BCUT2D eigenvalue weighted by Gasteiger charge is -2.16. The Labute approximate surface area is 105 Å². The highest BCUT2D eigenvalue weighted by atomic mass is 32.2. The van der Waals surface area contributed by atoms with Crippen LogP contribution in [0, 0.1) is 0 Å². The van der Waals surface area contributed by atoms with Crippen molar-refractivity contribution in [1.82, 2.24) is 4.98 Å². The van der Waals surface area contributed by atoms with Crippen LogP contribution in [0.4, 0.5) is 11.5 Å². The third kappa shape index (κ3) is 3.81. The molecule has 1 unspecified atom stereocenters. The van der Waals surface area contributed by atoms with E-state index in [0.717, 1.165) is 12.2 Å². The van der Waals surface area contributed by atoms with Crippen molar-refractivity contribution in [2.24, 2.45) is 5.73 Å². The zero-order chi connectivity index (χ0) is 12.8. The zero-order valence-electron chi connectivity index (χ0n) is 10.1. The molecular formula is C11H18N4OS. The molecule has 0 spiro atoms. The Morgan fingerprint density at radius 3 is 2.88 bits per heavy atom. The summed E-state index contributed by atoms with van der Waals surface area (Å²) in [5, 5.41) is 3.26. The van der Waals surface area contributed by atoms with Gasteiger partial charge in [-0.15, -0.1) is 0 Å². The van der Waals surface area contributed by atoms with E-state index in [0.29, 0.717) is 23.1 Å². The summed E-state index contributed by atoms with van der Waals surface area (Å²) in [6.07, 6.45) is 4.49. The number of pyridine rings is 1. The second-order valence-electron chi connectivity index (χ2n) is 3.73. The fourth-order valence-corrected chi connectivity index (χ4v) is 2.15. The summed E-state index contributed by atoms with van der Waals surface area (Å²) >= 11 is 1.76. The Morgan fingerprint density at radius 2 is 2.35 bits per heavy atom. The maximum Gasteiger partial charge on any atom is 0.250 e. The number of primary amides is 1. The molecule has 0 aliphatic heterocycles. The predicted molar refractivity (Wildman–Crippen MR) is 73.3 cm³/mol. The molecule has 1 aromatic rings. The molecule has 5 nitrogen and oxygen atoms in total. The van der Waals surface area contributed by atoms with Crippen LogP contribution in [-0.2, 0) is 0 Å². The Balaban J connectivity index is 2.84. The van der Waals surface area contributed by atoms with Crippen LogP contribution in [0.2, 0.25) is 0 Å². The van der Waals surface area contributed by atoms with Crippen molar-refractivity contribution >= 4 is 29.2 Å². The first-order chi connectivity index (χ1) is 8.08. The molecule has 0 aromatic carbocycles. The third-order valence-electron chi connectivity index (χ3n) is 2.41. The Kier molecular flexibility index (Phi) is 5.09. The molecule has 0 aliphatic rings. The van der Waals surface area contributed by atoms with E-state index >= 15 is 0 Å². The molecule has 17 heavy (non-hydrogen) atoms. The summed E-state index contributed by atoms with van der Waals surface area (Å²) in [4.78, 5) is 15.3. The lowest BCUT2D eigenvalue weighted by molar-refractivity contribution is 0.100. The Morgan fingerprint density at radius 1 is 1.65 bits per heavy atom. The van der Waals surface area contributed by atoms with Crippen LogP contribution in [-0.4, -0.2) is 28.9 Å². The second kappa shape index (κ2) is 6.34. The maximum absolute atomic E-state index is 11.1. The van der Waals surface area contributed by atoms with Gasteiger partial charge in [0.1, 0.15) is 5.82 Å². The van der Waals surface area contributed by atoms with Gasteiger partial charge in [-0.1, -0.05) is 6.92 Å². The van der Waals surface area contributed by atoms with E-state index in [1.807, 2.05) is 0 Å². The van der Waals surface area contributed by atoms with Crippen molar-refractivity contribution < 1.29 is 4.79 Å². The van der Waals surface area contributed by atoms with Crippen molar-refractivity contribution in [1.29, 1.82) is 0 Å². The minimum absolute atomic E-state index is 0.306. The number of anilines is 2. The molecule has 1 aromatic heterocycles. The van der Waals surface area contributed by atoms with Crippen LogP contribution in [0.15, 0.2) is 12.3 Å². The predicted octanol–water partition coefficient (Wildman–Crippen LogP) is 1.32. The van der Waals surface area contributed by atoms with Crippen LogP contribution in [0.25, 0.3) is 0 Å². The number of hydrogen-bond acceptors (Lipinski definition) is 5. The van der Waals surface area contributed by atoms with E-state index in [1.54, 1.807) is 17.8 Å². The molecule has 1 heterocycles. The number of rotatable bonds is 6. The molecular weight excluding hydrogens is 236 g/mol. The number of nitrogens with one attached hydrogen (secondary N) is 1. The lowest BCUT2D eigenvalue weighted by Crippen LogP contribution is -2.22. The Bertz CT molecular complexity index is 397. The van der Waals surface area contributed by atoms with E-state index in [-0.39, 0.29) is 0 Å². The minimum Gasteiger partial charge on any atom is -0.397 e. The van der Waals surface area contributed by atoms with Crippen molar-refractivity contribution in [2.45, 2.75) is 19.4 Å². The number of nitrogen functional groups attached to an aromatic ring is 1. The summed E-state index contributed by atoms with van der Waals surface area (Å²) in [6, 6.07) is 1.92. The first kappa shape index (κ1) is 13.6. The normalized spacial score (nSPS) is 12.1. The molecule has 1 atom stereocenters. The fraction of sp³-hybridized carbons (Fsp3) is 0.455. The van der Waals surface area contributed by atoms with Crippen molar-refractivity contribution in [3.05, 3.63) is 17.8 Å². The zero-order valence-corrected chi connectivity index (χ0v) is 10.9. The summed E-state index contributed by atoms with van der Waals surface area (Å²) in [5.74, 6) is 1.08. The molecule has 0 bridgehead atoms. The van der Waals surface area contributed by atoms with E-state index in [2.05, 4.69) is 23.5 Å². The van der Waals surface area contributed by atoms with Gasteiger partial charge in [-0.05, 0) is 18.7 Å². The molecule has 1 amide bonds. The first-order valence-electron chi connectivity index (χ1n) is 5.39. The molecule has 0 aliphatic carbocycles. The molecule has 94 valence electrons. The van der Waals surface area contributed by atoms with Gasteiger partial charge in [0.25, 0.3) is 5.91 Å². The molecule has 1 rings (SSSR count). The van der Waals surface area contributed by atoms with Gasteiger partial charge in [0.2, 0.25) is 0 Å². The van der Waals surface area contributed by atoms with Gasteiger partial charge >= 0.3 is 0 Å². The van der Waals surface area contributed by atoms with Crippen LogP contribution in [0.5, 0.6) is 0 Å². The largest absolute Gasteiger partial charge is 0.397 e. The summed E-state index contributed by atoms with van der Waals surface area (Å²) in [6.45, 7) is 2.10. The van der Waals surface area contributed by atoms with E-state index in [4.69, 9.17) is 11.5 Å². The van der Waals surface area contributed by atoms with Crippen molar-refractivity contribution in [2.75, 3.05) is 23.1 Å². The van der Waals surface area contributed by atoms with Gasteiger partial charge < -0.3 is 16.8 Å². The quantitative estimate of drug-likeness (QED) is 0.711. The topological polar surface area (TPSA) is 94.0 Å². The number of carbonyl (C=O) groups excluding carboxylic acids is 1. The van der Waals surface area contributed by atoms with Crippen LogP contribution in [0.3, 0.4) is 0 Å². The van der Waals surface area contributed by atoms with Gasteiger partial charge in [0, 0.05) is 11.8 Å². The van der Waals surface area contributed by atoms with Gasteiger partial charge in [-0.2, -0.15) is 11.8 Å². The smallest absolute Gasteiger partial charge is 0.250 e. The summed E-state index contributed by atoms with van der Waals surface area (Å²) in [5.41, 5.74) is 11.5. The average molecular weight is 254 g/mol. The van der Waals surface area contributed by atoms with Crippen molar-refractivity contribution in [3.8, 4) is 0 Å². The maximum atomic E-state index is 11.1. The number of aromatic nitrogens is 1. The standard InChI is InChI=1S/C11H18N4OS/c1-3-7(6-17-2)15-10-4-8(11(13)16)9(12)5-14-10/h4-5,7H,3,6,12H2,1-2H3,(H2,13,16)(H,14,15). The third-order valence-corrected chi connectivity index (χ3v) is 3.15. The second-order valence-corrected chi connectivity index (χ2v) is 4.64.